The van der Waals surface area contributed by atoms with Crippen LogP contribution in [0.2, 0.25) is 0 Å². The van der Waals surface area contributed by atoms with Gasteiger partial charge in [-0.05, 0) is 50.4 Å². The Kier molecular flexibility index (Phi) is 6.88. The molecule has 0 aliphatic heterocycles. The van der Waals surface area contributed by atoms with E-state index in [0.717, 1.165) is 45.4 Å². The second-order valence-corrected chi connectivity index (χ2v) is 8.25. The van der Waals surface area contributed by atoms with Crippen LogP contribution < -0.4 is 9.80 Å². The minimum Gasteiger partial charge on any atom is -0.334 e. The molecule has 3 aromatic rings. The summed E-state index contributed by atoms with van der Waals surface area (Å²) in [7, 11) is 0. The van der Waals surface area contributed by atoms with Crippen LogP contribution in [-0.2, 0) is 0 Å². The van der Waals surface area contributed by atoms with Crippen molar-refractivity contribution < 1.29 is 9.69 Å². The zero-order chi connectivity index (χ0) is 19.2. The quantitative estimate of drug-likeness (QED) is 0.587. The summed E-state index contributed by atoms with van der Waals surface area (Å²) < 4.78 is 1.11. The van der Waals surface area contributed by atoms with Crippen molar-refractivity contribution in [2.75, 3.05) is 37.3 Å². The number of amides is 1. The van der Waals surface area contributed by atoms with Gasteiger partial charge < -0.3 is 4.90 Å². The third-order valence-corrected chi connectivity index (χ3v) is 6.55. The lowest BCUT2D eigenvalue weighted by molar-refractivity contribution is -0.894. The lowest BCUT2D eigenvalue weighted by atomic mass is 10.2. The van der Waals surface area contributed by atoms with Crippen LogP contribution in [0.4, 0.5) is 5.13 Å². The third kappa shape index (κ3) is 4.69. The summed E-state index contributed by atoms with van der Waals surface area (Å²) in [6.07, 6.45) is 2.03. The Morgan fingerprint density at radius 3 is 2.63 bits per heavy atom. The molecule has 3 rings (SSSR count). The molecule has 4 nitrogen and oxygen atoms in total. The molecule has 0 fully saturated rings. The summed E-state index contributed by atoms with van der Waals surface area (Å²) in [5.41, 5.74) is 1.67. The number of thioether (sulfide) groups is 1. The summed E-state index contributed by atoms with van der Waals surface area (Å²) in [5.74, 6) is 0.0245. The standard InChI is InChI=1S/C21H25N3OS2/c1-4-23(5-2)13-14-24(20(25)16-9-8-10-17(15-16)26-3)21-22-18-11-6-7-12-19(18)27-21/h6-12,15H,4-5,13-14H2,1-3H3/p+1. The number of aromatic nitrogens is 1. The van der Waals surface area contributed by atoms with Gasteiger partial charge in [-0.3, -0.25) is 9.69 Å². The van der Waals surface area contributed by atoms with Gasteiger partial charge in [-0.2, -0.15) is 0 Å². The molecule has 6 heteroatoms. The van der Waals surface area contributed by atoms with E-state index in [1.165, 1.54) is 4.90 Å². The Labute approximate surface area is 169 Å². The van der Waals surface area contributed by atoms with E-state index >= 15 is 0 Å². The number of para-hydroxylation sites is 1. The van der Waals surface area contributed by atoms with Gasteiger partial charge >= 0.3 is 0 Å². The molecule has 2 aromatic carbocycles. The number of carbonyl (C=O) groups excluding carboxylic acids is 1. The van der Waals surface area contributed by atoms with Crippen LogP contribution in [0.1, 0.15) is 24.2 Å². The fourth-order valence-corrected chi connectivity index (χ4v) is 4.49. The Balaban J connectivity index is 1.94. The molecule has 1 N–H and O–H groups in total. The van der Waals surface area contributed by atoms with Gasteiger partial charge in [0.2, 0.25) is 0 Å². The molecule has 1 heterocycles. The molecule has 1 aromatic heterocycles. The highest BCUT2D eigenvalue weighted by Gasteiger charge is 2.23. The van der Waals surface area contributed by atoms with Crippen LogP contribution in [0, 0.1) is 0 Å². The molecule has 0 spiro atoms. The van der Waals surface area contributed by atoms with Crippen molar-refractivity contribution >= 4 is 44.4 Å². The van der Waals surface area contributed by atoms with Crippen LogP contribution in [-0.4, -0.2) is 43.3 Å². The lowest BCUT2D eigenvalue weighted by Gasteiger charge is -2.23. The van der Waals surface area contributed by atoms with Crippen LogP contribution in [0.3, 0.4) is 0 Å². The number of nitrogens with zero attached hydrogens (tertiary/aromatic N) is 2. The smallest absolute Gasteiger partial charge is 0.260 e. The van der Waals surface area contributed by atoms with Crippen molar-refractivity contribution in [2.45, 2.75) is 18.7 Å². The number of hydrogen-bond acceptors (Lipinski definition) is 4. The fourth-order valence-electron chi connectivity index (χ4n) is 3.04. The molecule has 0 atom stereocenters. The lowest BCUT2D eigenvalue weighted by Crippen LogP contribution is -3.12. The van der Waals surface area contributed by atoms with E-state index in [0.29, 0.717) is 6.54 Å². The topological polar surface area (TPSA) is 37.6 Å². The van der Waals surface area contributed by atoms with E-state index in [4.69, 9.17) is 4.98 Å². The molecule has 0 saturated carbocycles. The summed E-state index contributed by atoms with van der Waals surface area (Å²) in [4.78, 5) is 22.5. The monoisotopic (exact) mass is 400 g/mol. The van der Waals surface area contributed by atoms with Gasteiger partial charge in [0.25, 0.3) is 5.91 Å². The SMILES string of the molecule is CC[NH+](CC)CCN(C(=O)c1cccc(SC)c1)c1nc2ccccc2s1. The van der Waals surface area contributed by atoms with Gasteiger partial charge in [-0.1, -0.05) is 29.5 Å². The minimum absolute atomic E-state index is 0.0245. The van der Waals surface area contributed by atoms with Crippen molar-refractivity contribution in [3.05, 3.63) is 54.1 Å². The molecule has 1 amide bonds. The van der Waals surface area contributed by atoms with E-state index in [1.807, 2.05) is 53.6 Å². The maximum absolute atomic E-state index is 13.4. The second-order valence-electron chi connectivity index (χ2n) is 6.36. The van der Waals surface area contributed by atoms with Crippen molar-refractivity contribution in [1.82, 2.24) is 4.98 Å². The zero-order valence-electron chi connectivity index (χ0n) is 16.1. The first-order chi connectivity index (χ1) is 13.2. The third-order valence-electron chi connectivity index (χ3n) is 4.76. The molecular weight excluding hydrogens is 374 g/mol. The number of carbonyl (C=O) groups is 1. The number of nitrogens with one attached hydrogen (secondary N) is 1. The first-order valence-corrected chi connectivity index (χ1v) is 11.4. The number of quaternary nitrogens is 1. The molecule has 0 unspecified atom stereocenters. The van der Waals surface area contributed by atoms with Crippen LogP contribution in [0.25, 0.3) is 10.2 Å². The molecule has 0 bridgehead atoms. The number of thiazole rings is 1. The molecule has 0 aliphatic rings. The minimum atomic E-state index is 0.0245. The van der Waals surface area contributed by atoms with Gasteiger partial charge in [0.1, 0.15) is 0 Å². The maximum atomic E-state index is 13.4. The molecular formula is C21H26N3OS2+. The Morgan fingerprint density at radius 1 is 1.15 bits per heavy atom. The molecule has 27 heavy (non-hydrogen) atoms. The van der Waals surface area contributed by atoms with Crippen molar-refractivity contribution in [1.29, 1.82) is 0 Å². The molecule has 0 radical (unpaired) electrons. The van der Waals surface area contributed by atoms with Gasteiger partial charge in [0.15, 0.2) is 5.13 Å². The van der Waals surface area contributed by atoms with Crippen molar-refractivity contribution in [2.24, 2.45) is 0 Å². The zero-order valence-corrected chi connectivity index (χ0v) is 17.7. The summed E-state index contributed by atoms with van der Waals surface area (Å²) >= 11 is 3.23. The van der Waals surface area contributed by atoms with Crippen LogP contribution in [0.5, 0.6) is 0 Å². The van der Waals surface area contributed by atoms with E-state index < -0.39 is 0 Å². The van der Waals surface area contributed by atoms with E-state index in [1.54, 1.807) is 23.1 Å². The molecule has 142 valence electrons. The van der Waals surface area contributed by atoms with E-state index in [-0.39, 0.29) is 5.91 Å². The van der Waals surface area contributed by atoms with Gasteiger partial charge in [-0.15, -0.1) is 11.8 Å². The van der Waals surface area contributed by atoms with Crippen molar-refractivity contribution in [3.8, 4) is 0 Å². The van der Waals surface area contributed by atoms with E-state index in [9.17, 15) is 4.79 Å². The number of likely N-dealkylation sites (N-methyl/N-ethyl adjacent to an activating group) is 1. The van der Waals surface area contributed by atoms with Crippen LogP contribution in [0.15, 0.2) is 53.4 Å². The van der Waals surface area contributed by atoms with Crippen molar-refractivity contribution in [3.63, 3.8) is 0 Å². The first kappa shape index (κ1) is 19.9. The van der Waals surface area contributed by atoms with Gasteiger partial charge in [-0.25, -0.2) is 4.98 Å². The Morgan fingerprint density at radius 2 is 1.93 bits per heavy atom. The van der Waals surface area contributed by atoms with E-state index in [2.05, 4.69) is 19.9 Å². The molecule has 0 aliphatic carbocycles. The first-order valence-electron chi connectivity index (χ1n) is 9.31. The number of hydrogen-bond donors (Lipinski definition) is 1. The van der Waals surface area contributed by atoms with Crippen LogP contribution >= 0.6 is 23.1 Å². The normalized spacial score (nSPS) is 11.3. The average Bonchev–Trinajstić information content (AvgIpc) is 3.14. The highest BCUT2D eigenvalue weighted by molar-refractivity contribution is 7.98. The fraction of sp³-hybridized carbons (Fsp3) is 0.333. The number of rotatable bonds is 8. The predicted octanol–water partition coefficient (Wildman–Crippen LogP) is 3.59. The second kappa shape index (κ2) is 9.35. The summed E-state index contributed by atoms with van der Waals surface area (Å²) in [6, 6.07) is 15.9. The highest BCUT2D eigenvalue weighted by Crippen LogP contribution is 2.29. The predicted molar refractivity (Wildman–Crippen MR) is 116 cm³/mol. The largest absolute Gasteiger partial charge is 0.334 e. The Hall–Kier alpha value is -1.89. The van der Waals surface area contributed by atoms with Gasteiger partial charge in [0, 0.05) is 10.5 Å². The number of anilines is 1. The maximum Gasteiger partial charge on any atom is 0.260 e. The average molecular weight is 401 g/mol. The highest BCUT2D eigenvalue weighted by atomic mass is 32.2. The summed E-state index contributed by atoms with van der Waals surface area (Å²) in [6.45, 7) is 8.06. The number of fused-ring (bicyclic) bond motifs is 1. The Bertz CT molecular complexity index is 872. The summed E-state index contributed by atoms with van der Waals surface area (Å²) in [5, 5.41) is 0.780. The molecule has 0 saturated heterocycles. The number of benzene rings is 2. The van der Waals surface area contributed by atoms with Gasteiger partial charge in [0.05, 0.1) is 36.4 Å².